The van der Waals surface area contributed by atoms with Crippen molar-refractivity contribution in [2.75, 3.05) is 0 Å². The molecule has 0 spiro atoms. The van der Waals surface area contributed by atoms with Crippen LogP contribution in [-0.2, 0) is 0 Å². The fourth-order valence-corrected chi connectivity index (χ4v) is 13.1. The molecule has 2 heteroatoms. The first-order valence-corrected chi connectivity index (χ1v) is 15.4. The summed E-state index contributed by atoms with van der Waals surface area (Å²) in [7, 11) is 1.07. The quantitative estimate of drug-likeness (QED) is 0.400. The Morgan fingerprint density at radius 3 is 1.31 bits per heavy atom. The van der Waals surface area contributed by atoms with Gasteiger partial charge in [-0.25, -0.2) is 0 Å². The molecule has 172 valence electrons. The summed E-state index contributed by atoms with van der Waals surface area (Å²) in [5.74, 6) is 2.32. The molecule has 0 aromatic heterocycles. The minimum absolute atomic E-state index is 0.290. The van der Waals surface area contributed by atoms with Crippen molar-refractivity contribution >= 4 is 27.1 Å². The molecule has 6 rings (SSSR count). The van der Waals surface area contributed by atoms with Gasteiger partial charge in [0, 0.05) is 0 Å². The highest BCUT2D eigenvalue weighted by Gasteiger charge is 2.53. The summed E-state index contributed by atoms with van der Waals surface area (Å²) < 4.78 is 0. The Kier molecular flexibility index (Phi) is 6.60. The number of rotatable bonds is 4. The summed E-state index contributed by atoms with van der Waals surface area (Å²) in [5, 5.41) is 4.99. The summed E-state index contributed by atoms with van der Waals surface area (Å²) >= 11 is 0. The lowest BCUT2D eigenvalue weighted by atomic mass is 9.99. The van der Waals surface area contributed by atoms with Crippen LogP contribution in [0.2, 0.25) is 0 Å². The number of benzene rings is 2. The van der Waals surface area contributed by atoms with Crippen molar-refractivity contribution < 1.29 is 0 Å². The number of fused-ring (bicyclic) bond motifs is 4. The zero-order chi connectivity index (χ0) is 22.2. The first-order chi connectivity index (χ1) is 15.4. The summed E-state index contributed by atoms with van der Waals surface area (Å²) in [6, 6.07) is 21.7. The van der Waals surface area contributed by atoms with Crippen molar-refractivity contribution in [2.24, 2.45) is 11.8 Å². The minimum atomic E-state index is -0.292. The third-order valence-corrected chi connectivity index (χ3v) is 14.2. The second-order valence-electron chi connectivity index (χ2n) is 12.2. The van der Waals surface area contributed by atoms with Gasteiger partial charge in [-0.3, -0.25) is 0 Å². The van der Waals surface area contributed by atoms with Crippen LogP contribution in [0.3, 0.4) is 0 Å². The Bertz CT molecular complexity index is 799. The van der Waals surface area contributed by atoms with Crippen LogP contribution in [0.5, 0.6) is 0 Å². The third kappa shape index (κ3) is 4.89. The summed E-state index contributed by atoms with van der Waals surface area (Å²) in [6.45, 7) is 7.00. The summed E-state index contributed by atoms with van der Waals surface area (Å²) in [6.07, 6.45) is 16.1. The van der Waals surface area contributed by atoms with Crippen molar-refractivity contribution in [1.29, 1.82) is 0 Å². The molecule has 0 amide bonds. The Hall–Kier alpha value is -0.700. The van der Waals surface area contributed by atoms with E-state index in [9.17, 15) is 0 Å². The molecule has 0 N–H and O–H groups in total. The third-order valence-electron chi connectivity index (χ3n) is 8.71. The van der Waals surface area contributed by atoms with E-state index >= 15 is 0 Å². The van der Waals surface area contributed by atoms with Gasteiger partial charge >= 0.3 is 0 Å². The van der Waals surface area contributed by atoms with Crippen molar-refractivity contribution in [1.82, 2.24) is 0 Å². The van der Waals surface area contributed by atoms with E-state index in [1.54, 1.807) is 64.2 Å². The van der Waals surface area contributed by atoms with E-state index in [1.807, 2.05) is 0 Å². The van der Waals surface area contributed by atoms with Gasteiger partial charge in [-0.2, -0.15) is 0 Å². The fraction of sp³-hybridized carbons (Fsp3) is 0.600. The monoisotopic (exact) mass is 464 g/mol. The van der Waals surface area contributed by atoms with Crippen LogP contribution in [0, 0.1) is 11.8 Å². The highest BCUT2D eigenvalue weighted by molar-refractivity contribution is 7.74. The molecule has 0 aliphatic heterocycles. The molecule has 0 nitrogen and oxygen atoms in total. The largest absolute Gasteiger partial charge is 0.109 e. The zero-order valence-electron chi connectivity index (χ0n) is 20.4. The predicted molar refractivity (Wildman–Crippen MR) is 146 cm³/mol. The summed E-state index contributed by atoms with van der Waals surface area (Å²) in [5.41, 5.74) is 0. The van der Waals surface area contributed by atoms with E-state index < -0.39 is 0 Å². The van der Waals surface area contributed by atoms with Crippen LogP contribution in [0.25, 0.3) is 0 Å². The molecular formula is C30H42P2. The van der Waals surface area contributed by atoms with Crippen LogP contribution >= 0.6 is 16.5 Å². The lowest BCUT2D eigenvalue weighted by Gasteiger charge is -2.37. The van der Waals surface area contributed by atoms with Crippen LogP contribution in [0.4, 0.5) is 0 Å². The Morgan fingerprint density at radius 1 is 0.656 bits per heavy atom. The van der Waals surface area contributed by atoms with E-state index in [1.165, 1.54) is 19.2 Å². The first kappa shape index (κ1) is 23.1. The predicted octanol–water partition coefficient (Wildman–Crippen LogP) is 8.25. The number of hydrogen-bond acceptors (Lipinski definition) is 0. The van der Waals surface area contributed by atoms with E-state index in [-0.39, 0.29) is 13.1 Å². The van der Waals surface area contributed by atoms with Crippen LogP contribution in [0.15, 0.2) is 60.7 Å². The van der Waals surface area contributed by atoms with Crippen LogP contribution in [-0.4, -0.2) is 15.5 Å². The van der Waals surface area contributed by atoms with Crippen LogP contribution in [0.1, 0.15) is 85.0 Å². The summed E-state index contributed by atoms with van der Waals surface area (Å²) in [4.78, 5) is 0. The molecule has 0 atom stereocenters. The van der Waals surface area contributed by atoms with Gasteiger partial charge in [0.1, 0.15) is 0 Å². The minimum Gasteiger partial charge on any atom is -0.109 e. The molecule has 0 saturated heterocycles. The average molecular weight is 465 g/mol. The van der Waals surface area contributed by atoms with Gasteiger partial charge in [0.2, 0.25) is 0 Å². The highest BCUT2D eigenvalue weighted by Crippen LogP contribution is 2.68. The fourth-order valence-electron chi connectivity index (χ4n) is 7.37. The molecular weight excluding hydrogens is 422 g/mol. The topological polar surface area (TPSA) is 0 Å². The SMILES string of the molecule is C1CC2(PC34CCC(CC3)C4)CCC1C2.CC(C)(C)P(c1ccccc1)c1ccccc1. The van der Waals surface area contributed by atoms with Gasteiger partial charge in [-0.1, -0.05) is 81.4 Å². The molecule has 4 aliphatic carbocycles. The maximum atomic E-state index is 2.33. The van der Waals surface area contributed by atoms with E-state index in [2.05, 4.69) is 81.4 Å². The average Bonchev–Trinajstić information content (AvgIpc) is 3.56. The standard InChI is InChI=1S/C16H19P.C14H23P/c1-16(2,3)17(14-10-6-4-7-11-14)15-12-8-5-9-13-15;1-5-13(6-2-11(1)9-13)15-14-7-3-12(10-14)4-8-14/h4-13H,1-3H3;11-12,15H,1-10H2. The van der Waals surface area contributed by atoms with Gasteiger partial charge in [0.15, 0.2) is 0 Å². The highest BCUT2D eigenvalue weighted by atomic mass is 31.1. The smallest absolute Gasteiger partial charge is 0.00991 e. The Balaban J connectivity index is 0.000000136. The van der Waals surface area contributed by atoms with Gasteiger partial charge in [-0.05, 0) is 110 Å². The van der Waals surface area contributed by atoms with E-state index in [0.717, 1.165) is 22.1 Å². The number of hydrogen-bond donors (Lipinski definition) is 0. The van der Waals surface area contributed by atoms with Crippen molar-refractivity contribution in [3.05, 3.63) is 60.7 Å². The Labute approximate surface area is 199 Å². The lowest BCUT2D eigenvalue weighted by molar-refractivity contribution is 0.478. The van der Waals surface area contributed by atoms with Gasteiger partial charge < -0.3 is 0 Å². The zero-order valence-corrected chi connectivity index (χ0v) is 22.3. The van der Waals surface area contributed by atoms with E-state index in [0.29, 0.717) is 0 Å². The second kappa shape index (κ2) is 9.16. The van der Waals surface area contributed by atoms with Crippen molar-refractivity contribution in [3.8, 4) is 0 Å². The maximum absolute atomic E-state index is 2.33. The molecule has 4 saturated carbocycles. The molecule has 0 unspecified atom stereocenters. The van der Waals surface area contributed by atoms with Gasteiger partial charge in [-0.15, -0.1) is 8.58 Å². The van der Waals surface area contributed by atoms with Crippen molar-refractivity contribution in [3.63, 3.8) is 0 Å². The normalized spacial score (nSPS) is 33.2. The molecule has 2 aromatic rings. The van der Waals surface area contributed by atoms with Gasteiger partial charge in [0.25, 0.3) is 0 Å². The molecule has 4 aliphatic rings. The second-order valence-corrected chi connectivity index (χ2v) is 17.6. The lowest BCUT2D eigenvalue weighted by Crippen LogP contribution is -2.26. The van der Waals surface area contributed by atoms with E-state index in [4.69, 9.17) is 0 Å². The molecule has 4 fully saturated rings. The molecule has 2 aromatic carbocycles. The van der Waals surface area contributed by atoms with Crippen molar-refractivity contribution in [2.45, 2.75) is 100 Å². The van der Waals surface area contributed by atoms with Gasteiger partial charge in [0.05, 0.1) is 0 Å². The molecule has 32 heavy (non-hydrogen) atoms. The molecule has 0 radical (unpaired) electrons. The Morgan fingerprint density at radius 2 is 1.03 bits per heavy atom. The maximum Gasteiger partial charge on any atom is -0.00991 e. The molecule has 4 bridgehead atoms. The van der Waals surface area contributed by atoms with Crippen LogP contribution < -0.4 is 10.6 Å². The molecule has 0 heterocycles. The first-order valence-electron chi connectivity index (χ1n) is 13.1.